The summed E-state index contributed by atoms with van der Waals surface area (Å²) in [5, 5.41) is 9.25. The molecule has 13 heteroatoms. The lowest BCUT2D eigenvalue weighted by Gasteiger charge is -2.29. The van der Waals surface area contributed by atoms with Crippen LogP contribution in [-0.4, -0.2) is 86.9 Å². The molecule has 1 fully saturated rings. The van der Waals surface area contributed by atoms with Crippen LogP contribution in [0.25, 0.3) is 0 Å². The molecular formula is C36H46N6O5S2. The minimum absolute atomic E-state index is 0.00371. The first-order valence-electron chi connectivity index (χ1n) is 17.4. The van der Waals surface area contributed by atoms with Gasteiger partial charge in [0.05, 0.1) is 11.1 Å². The quantitative estimate of drug-likeness (QED) is 0.462. The van der Waals surface area contributed by atoms with Crippen LogP contribution in [0.2, 0.25) is 0 Å². The summed E-state index contributed by atoms with van der Waals surface area (Å²) in [5.41, 5.74) is 1.10. The Kier molecular flexibility index (Phi) is 10.9. The van der Waals surface area contributed by atoms with E-state index in [0.717, 1.165) is 23.4 Å². The molecule has 8 atom stereocenters. The van der Waals surface area contributed by atoms with Gasteiger partial charge in [-0.2, -0.15) is 0 Å². The van der Waals surface area contributed by atoms with E-state index in [1.54, 1.807) is 22.0 Å². The molecule has 2 N–H and O–H groups in total. The molecule has 8 unspecified atom stereocenters. The second-order valence-electron chi connectivity index (χ2n) is 13.9. The Morgan fingerprint density at radius 1 is 1.06 bits per heavy atom. The molecule has 0 aliphatic carbocycles. The van der Waals surface area contributed by atoms with Crippen LogP contribution in [0.15, 0.2) is 45.7 Å². The van der Waals surface area contributed by atoms with Crippen LogP contribution in [0.4, 0.5) is 0 Å². The fourth-order valence-corrected chi connectivity index (χ4v) is 9.28. The van der Waals surface area contributed by atoms with E-state index in [-0.39, 0.29) is 47.5 Å². The SMILES string of the molecule is CCC(C)C1CC(=O)C2N=C(OC2C)C2CCCN2C(=O)C(Cc2ccccc2)NC(=O)c2csc(n2)C(C(C)C)NC(=O)C2CSC1=N2. The van der Waals surface area contributed by atoms with Crippen molar-refractivity contribution in [3.05, 3.63) is 52.0 Å². The van der Waals surface area contributed by atoms with Crippen molar-refractivity contribution in [3.63, 3.8) is 0 Å². The highest BCUT2D eigenvalue weighted by molar-refractivity contribution is 8.14. The van der Waals surface area contributed by atoms with Crippen molar-refractivity contribution in [1.82, 2.24) is 20.5 Å². The standard InChI is InChI=1S/C36H46N6O5S2/c1-6-20(4)23-16-28(43)30-21(5)47-33(41-30)27-13-10-14-42(27)36(46)24(15-22-11-8-7-9-12-22)37-31(44)25-18-49-35(39-25)29(19(2)3)40-32(45)26-17-48-34(23)38-26/h7-9,11-12,18-21,23-24,26-27,29-30H,6,10,13-17H2,1-5H3,(H,37,44)(H,40,45). The van der Waals surface area contributed by atoms with Gasteiger partial charge in [0.2, 0.25) is 17.7 Å². The van der Waals surface area contributed by atoms with Crippen molar-refractivity contribution in [3.8, 4) is 0 Å². The van der Waals surface area contributed by atoms with Crippen LogP contribution in [-0.2, 0) is 25.5 Å². The molecule has 1 aromatic carbocycles. The fraction of sp³-hybridized carbons (Fsp3) is 0.583. The molecule has 49 heavy (non-hydrogen) atoms. The third-order valence-corrected chi connectivity index (χ3v) is 12.2. The fourth-order valence-electron chi connectivity index (χ4n) is 6.98. The van der Waals surface area contributed by atoms with Gasteiger partial charge in [0.1, 0.15) is 41.0 Å². The molecule has 4 aliphatic heterocycles. The number of thiazole rings is 1. The minimum Gasteiger partial charge on any atom is -0.474 e. The first-order valence-corrected chi connectivity index (χ1v) is 19.3. The molecule has 0 radical (unpaired) electrons. The Bertz CT molecular complexity index is 1630. The summed E-state index contributed by atoms with van der Waals surface area (Å²) in [6.45, 7) is 10.6. The number of fused-ring (bicyclic) bond motifs is 6. The maximum atomic E-state index is 14.3. The average Bonchev–Trinajstić information content (AvgIpc) is 3.91. The summed E-state index contributed by atoms with van der Waals surface area (Å²) in [5.74, 6) is 0.0104. The average molecular weight is 707 g/mol. The molecule has 3 amide bonds. The van der Waals surface area contributed by atoms with Gasteiger partial charge in [0.25, 0.3) is 5.91 Å². The highest BCUT2D eigenvalue weighted by Crippen LogP contribution is 2.35. The number of nitrogens with zero attached hydrogens (tertiary/aromatic N) is 4. The Morgan fingerprint density at radius 3 is 2.57 bits per heavy atom. The number of carbonyl (C=O) groups is 4. The van der Waals surface area contributed by atoms with Crippen molar-refractivity contribution in [2.45, 2.75) is 103 Å². The Labute approximate surface area is 296 Å². The summed E-state index contributed by atoms with van der Waals surface area (Å²) in [7, 11) is 0. The van der Waals surface area contributed by atoms with Crippen molar-refractivity contribution < 1.29 is 23.9 Å². The monoisotopic (exact) mass is 706 g/mol. The zero-order valence-corrected chi connectivity index (χ0v) is 30.4. The van der Waals surface area contributed by atoms with Gasteiger partial charge in [-0.3, -0.25) is 24.2 Å². The van der Waals surface area contributed by atoms with Gasteiger partial charge in [-0.15, -0.1) is 23.1 Å². The lowest BCUT2D eigenvalue weighted by molar-refractivity contribution is -0.133. The van der Waals surface area contributed by atoms with Gasteiger partial charge >= 0.3 is 0 Å². The smallest absolute Gasteiger partial charge is 0.271 e. The topological polar surface area (TPSA) is 142 Å². The Balaban J connectivity index is 1.38. The molecule has 5 heterocycles. The maximum absolute atomic E-state index is 14.3. The summed E-state index contributed by atoms with van der Waals surface area (Å²) in [6, 6.07) is 6.60. The van der Waals surface area contributed by atoms with E-state index in [2.05, 4.69) is 29.5 Å². The highest BCUT2D eigenvalue weighted by Gasteiger charge is 2.44. The number of hydrogen-bond donors (Lipinski definition) is 2. The van der Waals surface area contributed by atoms with E-state index >= 15 is 0 Å². The third kappa shape index (κ3) is 7.62. The molecule has 0 spiro atoms. The molecular weight excluding hydrogens is 661 g/mol. The number of ketones is 1. The normalized spacial score (nSPS) is 30.2. The number of hydrogen-bond acceptors (Lipinski definition) is 10. The van der Waals surface area contributed by atoms with Crippen LogP contribution in [0, 0.1) is 17.8 Å². The predicted molar refractivity (Wildman–Crippen MR) is 192 cm³/mol. The van der Waals surface area contributed by atoms with Gasteiger partial charge in [-0.05, 0) is 37.2 Å². The number of nitrogens with one attached hydrogen (secondary N) is 2. The highest BCUT2D eigenvalue weighted by atomic mass is 32.2. The van der Waals surface area contributed by atoms with Gasteiger partial charge in [0.15, 0.2) is 5.78 Å². The van der Waals surface area contributed by atoms with Crippen molar-refractivity contribution in [2.75, 3.05) is 12.3 Å². The van der Waals surface area contributed by atoms with Crippen LogP contribution in [0.1, 0.15) is 87.4 Å². The zero-order chi connectivity index (χ0) is 34.8. The number of benzene rings is 1. The van der Waals surface area contributed by atoms with Crippen molar-refractivity contribution >= 4 is 57.5 Å². The summed E-state index contributed by atoms with van der Waals surface area (Å²) in [6.07, 6.45) is 2.33. The Hall–Kier alpha value is -3.58. The van der Waals surface area contributed by atoms with E-state index in [9.17, 15) is 19.2 Å². The number of amides is 3. The van der Waals surface area contributed by atoms with Gasteiger partial charge in [0, 0.05) is 36.4 Å². The number of Topliss-reactive ketones (excluding diaryl/α,β-unsaturated/α-hetero) is 1. The third-order valence-electron chi connectivity index (χ3n) is 10.1. The van der Waals surface area contributed by atoms with Gasteiger partial charge in [-0.25, -0.2) is 9.98 Å². The number of aromatic nitrogens is 1. The van der Waals surface area contributed by atoms with E-state index in [1.807, 2.05) is 51.1 Å². The van der Waals surface area contributed by atoms with Crippen molar-refractivity contribution in [2.24, 2.45) is 27.7 Å². The minimum atomic E-state index is -0.866. The van der Waals surface area contributed by atoms with Gasteiger partial charge < -0.3 is 20.3 Å². The maximum Gasteiger partial charge on any atom is 0.271 e. The van der Waals surface area contributed by atoms with E-state index in [0.29, 0.717) is 36.0 Å². The molecule has 262 valence electrons. The molecule has 0 saturated carbocycles. The second kappa shape index (κ2) is 15.1. The molecule has 2 aromatic rings. The lowest BCUT2D eigenvalue weighted by atomic mass is 9.86. The van der Waals surface area contributed by atoms with Crippen LogP contribution in [0.5, 0.6) is 0 Å². The Morgan fingerprint density at radius 2 is 1.84 bits per heavy atom. The first-order chi connectivity index (χ1) is 23.5. The lowest BCUT2D eigenvalue weighted by Crippen LogP contribution is -2.52. The molecule has 1 aromatic heterocycles. The summed E-state index contributed by atoms with van der Waals surface area (Å²) in [4.78, 5) is 71.7. The van der Waals surface area contributed by atoms with E-state index in [1.165, 1.54) is 11.3 Å². The number of rotatable bonds is 5. The zero-order valence-electron chi connectivity index (χ0n) is 28.8. The predicted octanol–water partition coefficient (Wildman–Crippen LogP) is 4.62. The molecule has 6 rings (SSSR count). The van der Waals surface area contributed by atoms with Crippen molar-refractivity contribution in [1.29, 1.82) is 0 Å². The largest absolute Gasteiger partial charge is 0.474 e. The van der Waals surface area contributed by atoms with Crippen LogP contribution in [0.3, 0.4) is 0 Å². The molecule has 1 saturated heterocycles. The number of aliphatic imine (C=N–C) groups is 2. The number of carbonyl (C=O) groups excluding carboxylic acids is 4. The van der Waals surface area contributed by atoms with E-state index < -0.39 is 42.2 Å². The molecule has 6 bridgehead atoms. The first kappa shape index (κ1) is 35.3. The van der Waals surface area contributed by atoms with E-state index in [4.69, 9.17) is 14.7 Å². The summed E-state index contributed by atoms with van der Waals surface area (Å²) < 4.78 is 6.24. The molecule has 4 aliphatic rings. The second-order valence-corrected chi connectivity index (χ2v) is 15.8. The van der Waals surface area contributed by atoms with Crippen LogP contribution >= 0.6 is 23.1 Å². The van der Waals surface area contributed by atoms with Gasteiger partial charge in [-0.1, -0.05) is 64.4 Å². The van der Waals surface area contributed by atoms with Crippen LogP contribution < -0.4 is 10.6 Å². The summed E-state index contributed by atoms with van der Waals surface area (Å²) >= 11 is 2.86. The molecule has 11 nitrogen and oxygen atoms in total. The number of thioether (sulfide) groups is 1. The number of ether oxygens (including phenoxy) is 1.